The summed E-state index contributed by atoms with van der Waals surface area (Å²) in [5.41, 5.74) is -0.342. The van der Waals surface area contributed by atoms with Crippen molar-refractivity contribution in [2.45, 2.75) is 25.2 Å². The fraction of sp³-hybridized carbons (Fsp3) is 0.300. The van der Waals surface area contributed by atoms with Gasteiger partial charge in [-0.3, -0.25) is 0 Å². The number of alkyl carbamates (subject to hydrolysis) is 1. The zero-order chi connectivity index (χ0) is 21.4. The molecule has 0 bridgehead atoms. The molecule has 1 amide bonds. The summed E-state index contributed by atoms with van der Waals surface area (Å²) in [6.45, 7) is 0.0278. The predicted octanol–water partition coefficient (Wildman–Crippen LogP) is 2.46. The molecule has 3 N–H and O–H groups in total. The molecule has 29 heavy (non-hydrogen) atoms. The van der Waals surface area contributed by atoms with E-state index in [-0.39, 0.29) is 25.1 Å². The molecule has 0 aliphatic rings. The number of aliphatic hydroxyl groups is 2. The van der Waals surface area contributed by atoms with Gasteiger partial charge in [0.05, 0.1) is 13.2 Å². The van der Waals surface area contributed by atoms with E-state index >= 15 is 0 Å². The summed E-state index contributed by atoms with van der Waals surface area (Å²) in [4.78, 5) is 23.0. The average Bonchev–Trinajstić information content (AvgIpc) is 2.71. The minimum absolute atomic E-state index is 0.0446. The van der Waals surface area contributed by atoms with Crippen molar-refractivity contribution >= 4 is 12.1 Å². The molecule has 2 aromatic rings. The second-order valence-electron chi connectivity index (χ2n) is 6.14. The zero-order valence-electron chi connectivity index (χ0n) is 15.6. The van der Waals surface area contributed by atoms with E-state index in [9.17, 15) is 28.6 Å². The van der Waals surface area contributed by atoms with Crippen molar-refractivity contribution < 1.29 is 38.1 Å². The van der Waals surface area contributed by atoms with Crippen LogP contribution >= 0.6 is 0 Å². The summed E-state index contributed by atoms with van der Waals surface area (Å²) in [7, 11) is 0.978. The van der Waals surface area contributed by atoms with E-state index in [0.717, 1.165) is 24.8 Å². The van der Waals surface area contributed by atoms with Crippen LogP contribution in [0.3, 0.4) is 0 Å². The van der Waals surface area contributed by atoms with E-state index < -0.39 is 41.5 Å². The molecule has 2 atom stereocenters. The number of hydrogen-bond acceptors (Lipinski definition) is 6. The number of carbonyl (C=O) groups excluding carboxylic acids is 2. The first-order chi connectivity index (χ1) is 13.8. The van der Waals surface area contributed by atoms with Crippen molar-refractivity contribution in [1.82, 2.24) is 5.32 Å². The van der Waals surface area contributed by atoms with Crippen LogP contribution in [0.1, 0.15) is 34.0 Å². The predicted molar refractivity (Wildman–Crippen MR) is 97.9 cm³/mol. The SMILES string of the molecule is COC(=O)c1c(F)cc(C(O)C(O)CCNC(=O)OCc2ccccc2)cc1F. The third-order valence-corrected chi connectivity index (χ3v) is 4.08. The Kier molecular flexibility index (Phi) is 8.05. The Morgan fingerprint density at radius 2 is 1.72 bits per heavy atom. The largest absolute Gasteiger partial charge is 0.465 e. The van der Waals surface area contributed by atoms with Crippen LogP contribution < -0.4 is 5.32 Å². The Labute approximate surface area is 165 Å². The maximum Gasteiger partial charge on any atom is 0.407 e. The lowest BCUT2D eigenvalue weighted by molar-refractivity contribution is 0.0133. The van der Waals surface area contributed by atoms with Crippen molar-refractivity contribution in [1.29, 1.82) is 0 Å². The fourth-order valence-electron chi connectivity index (χ4n) is 2.54. The Hall–Kier alpha value is -3.04. The summed E-state index contributed by atoms with van der Waals surface area (Å²) in [6, 6.07) is 10.5. The van der Waals surface area contributed by atoms with E-state index in [1.807, 2.05) is 6.07 Å². The van der Waals surface area contributed by atoms with Gasteiger partial charge in [-0.2, -0.15) is 0 Å². The Bertz CT molecular complexity index is 823. The van der Waals surface area contributed by atoms with Crippen molar-refractivity contribution in [3.05, 3.63) is 70.8 Å². The van der Waals surface area contributed by atoms with Crippen molar-refractivity contribution in [3.8, 4) is 0 Å². The number of methoxy groups -OCH3 is 1. The number of aliphatic hydroxyl groups excluding tert-OH is 2. The van der Waals surface area contributed by atoms with Gasteiger partial charge >= 0.3 is 12.1 Å². The van der Waals surface area contributed by atoms with Gasteiger partial charge in [-0.25, -0.2) is 18.4 Å². The first kappa shape index (κ1) is 22.3. The third kappa shape index (κ3) is 6.23. The van der Waals surface area contributed by atoms with Gasteiger partial charge in [0.25, 0.3) is 0 Å². The summed E-state index contributed by atoms with van der Waals surface area (Å²) >= 11 is 0. The van der Waals surface area contributed by atoms with Gasteiger partial charge in [-0.15, -0.1) is 0 Å². The number of halogens is 2. The molecule has 7 nitrogen and oxygen atoms in total. The number of nitrogens with one attached hydrogen (secondary N) is 1. The maximum absolute atomic E-state index is 13.9. The maximum atomic E-state index is 13.9. The fourth-order valence-corrected chi connectivity index (χ4v) is 2.54. The van der Waals surface area contributed by atoms with E-state index in [1.165, 1.54) is 0 Å². The minimum atomic E-state index is -1.63. The molecule has 0 fully saturated rings. The van der Waals surface area contributed by atoms with Crippen molar-refractivity contribution in [2.75, 3.05) is 13.7 Å². The van der Waals surface area contributed by atoms with Crippen LogP contribution in [0.2, 0.25) is 0 Å². The van der Waals surface area contributed by atoms with E-state index in [0.29, 0.717) is 0 Å². The number of esters is 1. The van der Waals surface area contributed by atoms with E-state index in [4.69, 9.17) is 4.74 Å². The highest BCUT2D eigenvalue weighted by atomic mass is 19.1. The standard InChI is InChI=1S/C20H21F2NO6/c1-28-19(26)17-14(21)9-13(10-15(17)22)18(25)16(24)7-8-23-20(27)29-11-12-5-3-2-4-6-12/h2-6,9-10,16,18,24-25H,7-8,11H2,1H3,(H,23,27). The normalized spacial score (nSPS) is 12.7. The number of carbonyl (C=O) groups is 2. The molecular weight excluding hydrogens is 388 g/mol. The number of amides is 1. The lowest BCUT2D eigenvalue weighted by Gasteiger charge is -2.19. The lowest BCUT2D eigenvalue weighted by Crippen LogP contribution is -2.30. The van der Waals surface area contributed by atoms with Gasteiger partial charge in [0, 0.05) is 6.54 Å². The number of hydrogen-bond donors (Lipinski definition) is 3. The molecule has 0 saturated heterocycles. The van der Waals surface area contributed by atoms with Crippen LogP contribution in [0.25, 0.3) is 0 Å². The van der Waals surface area contributed by atoms with Gasteiger partial charge in [0.15, 0.2) is 0 Å². The minimum Gasteiger partial charge on any atom is -0.465 e. The molecule has 9 heteroatoms. The average molecular weight is 409 g/mol. The van der Waals surface area contributed by atoms with Crippen molar-refractivity contribution in [3.63, 3.8) is 0 Å². The van der Waals surface area contributed by atoms with Gasteiger partial charge in [0.2, 0.25) is 0 Å². The Morgan fingerprint density at radius 1 is 1.10 bits per heavy atom. The van der Waals surface area contributed by atoms with Crippen LogP contribution in [0.4, 0.5) is 13.6 Å². The van der Waals surface area contributed by atoms with Crippen LogP contribution in [-0.4, -0.2) is 42.0 Å². The summed E-state index contributed by atoms with van der Waals surface area (Å²) < 4.78 is 37.2. The topological polar surface area (TPSA) is 105 Å². The van der Waals surface area contributed by atoms with Gasteiger partial charge in [-0.1, -0.05) is 30.3 Å². The summed E-state index contributed by atoms with van der Waals surface area (Å²) in [6.07, 6.45) is -3.88. The van der Waals surface area contributed by atoms with Gasteiger partial charge in [0.1, 0.15) is 29.9 Å². The quantitative estimate of drug-likeness (QED) is 0.579. The summed E-state index contributed by atoms with van der Waals surface area (Å²) in [5, 5.41) is 22.5. The van der Waals surface area contributed by atoms with Gasteiger partial charge < -0.3 is 25.0 Å². The highest BCUT2D eigenvalue weighted by Crippen LogP contribution is 2.24. The lowest BCUT2D eigenvalue weighted by atomic mass is 10.00. The Balaban J connectivity index is 1.85. The monoisotopic (exact) mass is 409 g/mol. The molecule has 0 radical (unpaired) electrons. The molecule has 0 saturated carbocycles. The number of rotatable bonds is 8. The molecule has 0 spiro atoms. The molecule has 0 aliphatic heterocycles. The highest BCUT2D eigenvalue weighted by molar-refractivity contribution is 5.90. The molecule has 0 aliphatic carbocycles. The third-order valence-electron chi connectivity index (χ3n) is 4.08. The van der Waals surface area contributed by atoms with E-state index in [1.54, 1.807) is 24.3 Å². The Morgan fingerprint density at radius 3 is 2.31 bits per heavy atom. The number of benzene rings is 2. The molecule has 2 rings (SSSR count). The molecule has 2 unspecified atom stereocenters. The molecule has 0 aromatic heterocycles. The second-order valence-corrected chi connectivity index (χ2v) is 6.14. The molecule has 2 aromatic carbocycles. The first-order valence-electron chi connectivity index (χ1n) is 8.71. The molecular formula is C20H21F2NO6. The van der Waals surface area contributed by atoms with Crippen molar-refractivity contribution in [2.24, 2.45) is 0 Å². The van der Waals surface area contributed by atoms with E-state index in [2.05, 4.69) is 10.1 Å². The molecule has 0 heterocycles. The van der Waals surface area contributed by atoms with Gasteiger partial charge in [-0.05, 0) is 29.7 Å². The summed E-state index contributed by atoms with van der Waals surface area (Å²) in [5.74, 6) is -3.64. The van der Waals surface area contributed by atoms with Crippen LogP contribution in [0.5, 0.6) is 0 Å². The highest BCUT2D eigenvalue weighted by Gasteiger charge is 2.24. The molecule has 156 valence electrons. The van der Waals surface area contributed by atoms with Crippen LogP contribution in [-0.2, 0) is 16.1 Å². The first-order valence-corrected chi connectivity index (χ1v) is 8.71. The smallest absolute Gasteiger partial charge is 0.407 e. The number of ether oxygens (including phenoxy) is 2. The zero-order valence-corrected chi connectivity index (χ0v) is 15.6. The second kappa shape index (κ2) is 10.5. The van der Waals surface area contributed by atoms with Crippen LogP contribution in [0.15, 0.2) is 42.5 Å². The van der Waals surface area contributed by atoms with Crippen LogP contribution in [0, 0.1) is 11.6 Å².